The summed E-state index contributed by atoms with van der Waals surface area (Å²) in [6.45, 7) is 3.88. The van der Waals surface area contributed by atoms with Gasteiger partial charge in [-0.3, -0.25) is 4.79 Å². The normalized spacial score (nSPS) is 20.5. The van der Waals surface area contributed by atoms with Crippen LogP contribution in [0.3, 0.4) is 0 Å². The summed E-state index contributed by atoms with van der Waals surface area (Å²) in [4.78, 5) is 36.1. The lowest BCUT2D eigenvalue weighted by Crippen LogP contribution is -2.45. The SMILES string of the molecule is COC(=O)[C@H]1CC[C@](O)(c2ncc(-c3cc(CNC(N)=O)cc(Nc4nccc(C(F)(F)F)n4)c3)s2)CC1(C)C. The first-order valence-electron chi connectivity index (χ1n) is 12.3. The van der Waals surface area contributed by atoms with Crippen molar-refractivity contribution in [2.75, 3.05) is 12.4 Å². The van der Waals surface area contributed by atoms with Crippen molar-refractivity contribution in [2.24, 2.45) is 17.1 Å². The topological polar surface area (TPSA) is 152 Å². The highest BCUT2D eigenvalue weighted by Crippen LogP contribution is 2.51. The van der Waals surface area contributed by atoms with Gasteiger partial charge in [0.05, 0.1) is 17.9 Å². The molecule has 0 radical (unpaired) electrons. The molecule has 10 nitrogen and oxygen atoms in total. The lowest BCUT2D eigenvalue weighted by Gasteiger charge is -2.44. The van der Waals surface area contributed by atoms with E-state index in [1.807, 2.05) is 13.8 Å². The minimum absolute atomic E-state index is 0.0556. The van der Waals surface area contributed by atoms with E-state index in [0.717, 1.165) is 12.3 Å². The standard InChI is InChI=1S/C26H29F3N6O4S/c1-24(2)13-25(38,6-4-17(24)20(36)39-3)21-32-12-18(40-21)15-8-14(11-33-22(30)37)9-16(10-15)34-23-31-7-5-19(35-23)26(27,28)29/h5,7-10,12,17,38H,4,6,11,13H2,1-3H3,(H3,30,33,37)(H,31,34,35)/t17-,25-/m1/s1. The zero-order valence-electron chi connectivity index (χ0n) is 22.0. The molecule has 1 saturated carbocycles. The highest BCUT2D eigenvalue weighted by atomic mass is 32.1. The molecular weight excluding hydrogens is 549 g/mol. The number of amides is 2. The molecule has 3 aromatic rings. The number of halogens is 3. The summed E-state index contributed by atoms with van der Waals surface area (Å²) in [7, 11) is 1.35. The van der Waals surface area contributed by atoms with E-state index in [1.54, 1.807) is 24.4 Å². The summed E-state index contributed by atoms with van der Waals surface area (Å²) in [5.41, 5.74) is 3.92. The Bertz CT molecular complexity index is 1410. The number of thiazole rings is 1. The van der Waals surface area contributed by atoms with Crippen LogP contribution < -0.4 is 16.4 Å². The molecule has 0 saturated heterocycles. The van der Waals surface area contributed by atoms with E-state index in [0.29, 0.717) is 46.0 Å². The number of aliphatic hydroxyl groups is 1. The second kappa shape index (κ2) is 11.0. The molecule has 2 atom stereocenters. The molecule has 40 heavy (non-hydrogen) atoms. The van der Waals surface area contributed by atoms with Gasteiger partial charge >= 0.3 is 18.2 Å². The second-order valence-corrected chi connectivity index (χ2v) is 11.4. The van der Waals surface area contributed by atoms with Crippen LogP contribution in [-0.2, 0) is 27.9 Å². The molecular formula is C26H29F3N6O4S. The van der Waals surface area contributed by atoms with E-state index in [4.69, 9.17) is 10.5 Å². The fraction of sp³-hybridized carbons (Fsp3) is 0.423. The van der Waals surface area contributed by atoms with Crippen molar-refractivity contribution in [1.82, 2.24) is 20.3 Å². The first-order valence-corrected chi connectivity index (χ1v) is 13.1. The van der Waals surface area contributed by atoms with Crippen LogP contribution in [0.25, 0.3) is 10.4 Å². The van der Waals surface area contributed by atoms with Gasteiger partial charge in [-0.2, -0.15) is 13.2 Å². The van der Waals surface area contributed by atoms with Crippen molar-refractivity contribution in [1.29, 1.82) is 0 Å². The Labute approximate surface area is 232 Å². The van der Waals surface area contributed by atoms with Crippen molar-refractivity contribution < 1.29 is 32.6 Å². The quantitative estimate of drug-likeness (QED) is 0.294. The zero-order chi connectivity index (χ0) is 29.3. The molecule has 2 heterocycles. The number of nitrogens with one attached hydrogen (secondary N) is 2. The lowest BCUT2D eigenvalue weighted by atomic mass is 9.63. The number of aromatic nitrogens is 3. The lowest BCUT2D eigenvalue weighted by molar-refractivity contribution is -0.157. The number of hydrogen-bond donors (Lipinski definition) is 4. The third-order valence-corrected chi connectivity index (χ3v) is 8.11. The number of hydrogen-bond acceptors (Lipinski definition) is 9. The predicted molar refractivity (Wildman–Crippen MR) is 141 cm³/mol. The van der Waals surface area contributed by atoms with Crippen LogP contribution in [0.15, 0.2) is 36.7 Å². The third kappa shape index (κ3) is 6.50. The van der Waals surface area contributed by atoms with Gasteiger partial charge in [0, 0.05) is 24.6 Å². The van der Waals surface area contributed by atoms with E-state index < -0.39 is 28.9 Å². The first kappa shape index (κ1) is 29.2. The Morgan fingerprint density at radius 3 is 2.65 bits per heavy atom. The van der Waals surface area contributed by atoms with Gasteiger partial charge in [0.2, 0.25) is 5.95 Å². The Kier molecular flexibility index (Phi) is 8.04. The second-order valence-electron chi connectivity index (χ2n) is 10.4. The highest BCUT2D eigenvalue weighted by molar-refractivity contribution is 7.15. The number of carbonyl (C=O) groups excluding carboxylic acids is 2. The Balaban J connectivity index is 1.65. The molecule has 1 aromatic carbocycles. The Morgan fingerprint density at radius 2 is 2.00 bits per heavy atom. The van der Waals surface area contributed by atoms with E-state index in [9.17, 15) is 27.9 Å². The summed E-state index contributed by atoms with van der Waals surface area (Å²) in [5, 5.41) is 17.3. The number of rotatable bonds is 7. The van der Waals surface area contributed by atoms with Crippen LogP contribution in [0.4, 0.5) is 29.6 Å². The third-order valence-electron chi connectivity index (χ3n) is 6.87. The molecule has 1 aliphatic rings. The highest BCUT2D eigenvalue weighted by Gasteiger charge is 2.49. The molecule has 1 fully saturated rings. The first-order chi connectivity index (χ1) is 18.7. The molecule has 14 heteroatoms. The van der Waals surface area contributed by atoms with Crippen molar-refractivity contribution >= 4 is 35.0 Å². The molecule has 5 N–H and O–H groups in total. The number of nitrogens with zero attached hydrogens (tertiary/aromatic N) is 3. The van der Waals surface area contributed by atoms with Crippen LogP contribution in [0, 0.1) is 11.3 Å². The zero-order valence-corrected chi connectivity index (χ0v) is 22.8. The number of benzene rings is 1. The molecule has 214 valence electrons. The maximum atomic E-state index is 13.1. The summed E-state index contributed by atoms with van der Waals surface area (Å²) < 4.78 is 44.3. The minimum atomic E-state index is -4.64. The van der Waals surface area contributed by atoms with E-state index in [2.05, 4.69) is 25.6 Å². The molecule has 2 amide bonds. The number of nitrogens with two attached hydrogens (primary N) is 1. The molecule has 0 aliphatic heterocycles. The number of primary amides is 1. The monoisotopic (exact) mass is 578 g/mol. The Morgan fingerprint density at radius 1 is 1.25 bits per heavy atom. The fourth-order valence-corrected chi connectivity index (χ4v) is 6.05. The molecule has 1 aliphatic carbocycles. The van der Waals surface area contributed by atoms with Crippen LogP contribution >= 0.6 is 11.3 Å². The number of urea groups is 1. The van der Waals surface area contributed by atoms with Gasteiger partial charge in [-0.1, -0.05) is 13.8 Å². The summed E-state index contributed by atoms with van der Waals surface area (Å²) in [5.74, 6) is -0.916. The maximum Gasteiger partial charge on any atom is 0.433 e. The van der Waals surface area contributed by atoms with Gasteiger partial charge in [0.25, 0.3) is 0 Å². The van der Waals surface area contributed by atoms with Crippen LogP contribution in [0.5, 0.6) is 0 Å². The van der Waals surface area contributed by atoms with Gasteiger partial charge in [0.1, 0.15) is 16.3 Å². The molecule has 0 spiro atoms. The average molecular weight is 579 g/mol. The number of methoxy groups -OCH3 is 1. The van der Waals surface area contributed by atoms with Crippen molar-refractivity contribution in [3.63, 3.8) is 0 Å². The van der Waals surface area contributed by atoms with Crippen LogP contribution in [-0.4, -0.2) is 39.2 Å². The predicted octanol–water partition coefficient (Wildman–Crippen LogP) is 4.72. The van der Waals surface area contributed by atoms with Crippen molar-refractivity contribution in [2.45, 2.75) is 51.4 Å². The average Bonchev–Trinajstić information content (AvgIpc) is 3.38. The largest absolute Gasteiger partial charge is 0.469 e. The van der Waals surface area contributed by atoms with E-state index in [-0.39, 0.29) is 24.4 Å². The van der Waals surface area contributed by atoms with Gasteiger partial charge in [-0.15, -0.1) is 11.3 Å². The summed E-state index contributed by atoms with van der Waals surface area (Å²) in [6, 6.07) is 5.10. The summed E-state index contributed by atoms with van der Waals surface area (Å²) in [6.07, 6.45) is -0.973. The number of carbonyl (C=O) groups is 2. The van der Waals surface area contributed by atoms with Gasteiger partial charge in [0.15, 0.2) is 0 Å². The summed E-state index contributed by atoms with van der Waals surface area (Å²) >= 11 is 1.26. The van der Waals surface area contributed by atoms with Crippen LogP contribution in [0.1, 0.15) is 49.4 Å². The molecule has 4 rings (SSSR count). The van der Waals surface area contributed by atoms with Gasteiger partial charge in [-0.25, -0.2) is 19.7 Å². The number of alkyl halides is 3. The smallest absolute Gasteiger partial charge is 0.433 e. The van der Waals surface area contributed by atoms with E-state index >= 15 is 0 Å². The minimum Gasteiger partial charge on any atom is -0.469 e. The van der Waals surface area contributed by atoms with Crippen molar-refractivity contribution in [3.05, 3.63) is 52.9 Å². The molecule has 2 aromatic heterocycles. The van der Waals surface area contributed by atoms with Gasteiger partial charge < -0.3 is 26.2 Å². The molecule has 0 bridgehead atoms. The molecule has 0 unspecified atom stereocenters. The number of ether oxygens (including phenoxy) is 1. The number of esters is 1. The van der Waals surface area contributed by atoms with E-state index in [1.165, 1.54) is 18.4 Å². The van der Waals surface area contributed by atoms with Gasteiger partial charge in [-0.05, 0) is 60.1 Å². The Hall–Kier alpha value is -3.78. The van der Waals surface area contributed by atoms with Crippen LogP contribution in [0.2, 0.25) is 0 Å². The van der Waals surface area contributed by atoms with Crippen molar-refractivity contribution in [3.8, 4) is 10.4 Å². The maximum absolute atomic E-state index is 13.1. The fourth-order valence-electron chi connectivity index (χ4n) is 5.03. The number of anilines is 2.